The monoisotopic (exact) mass is 256 g/mol. The van der Waals surface area contributed by atoms with E-state index in [1.807, 2.05) is 16.8 Å². The second-order valence-corrected chi connectivity index (χ2v) is 4.61. The van der Waals surface area contributed by atoms with Crippen molar-refractivity contribution in [1.29, 1.82) is 0 Å². The number of likely N-dealkylation sites (tertiary alicyclic amines) is 1. The average molecular weight is 256 g/mol. The first-order valence-corrected chi connectivity index (χ1v) is 6.42. The third-order valence-electron chi connectivity index (χ3n) is 2.55. The highest BCUT2D eigenvalue weighted by molar-refractivity contribution is 7.08. The van der Waals surface area contributed by atoms with Crippen LogP contribution in [0.15, 0.2) is 16.8 Å². The van der Waals surface area contributed by atoms with Crippen molar-refractivity contribution < 1.29 is 14.3 Å². The largest absolute Gasteiger partial charge is 0.382 e. The predicted octanol–water partition coefficient (Wildman–Crippen LogP) is 1.63. The number of rotatable bonds is 5. The fourth-order valence-corrected chi connectivity index (χ4v) is 2.13. The lowest BCUT2D eigenvalue weighted by atomic mass is 10.2. The molecule has 2 amide bonds. The second-order valence-electron chi connectivity index (χ2n) is 3.83. The van der Waals surface area contributed by atoms with Gasteiger partial charge in [0, 0.05) is 12.5 Å². The minimum Gasteiger partial charge on any atom is -0.382 e. The molecule has 0 atom stereocenters. The van der Waals surface area contributed by atoms with Crippen molar-refractivity contribution >= 4 is 23.1 Å². The van der Waals surface area contributed by atoms with Gasteiger partial charge in [0.1, 0.15) is 0 Å². The van der Waals surface area contributed by atoms with Crippen LogP contribution in [0.5, 0.6) is 0 Å². The molecular weight excluding hydrogens is 240 g/mol. The van der Waals surface area contributed by atoms with E-state index >= 15 is 0 Å². The van der Waals surface area contributed by atoms with Crippen molar-refractivity contribution in [3.05, 3.63) is 16.8 Å². The SMILES string of the molecule is COCCOC1CN(C(=O)Nc2ccsc2)C1. The van der Waals surface area contributed by atoms with Gasteiger partial charge in [-0.25, -0.2) is 4.79 Å². The van der Waals surface area contributed by atoms with Crippen LogP contribution in [0.4, 0.5) is 10.5 Å². The zero-order valence-corrected chi connectivity index (χ0v) is 10.5. The highest BCUT2D eigenvalue weighted by Gasteiger charge is 2.31. The van der Waals surface area contributed by atoms with E-state index in [1.165, 1.54) is 0 Å². The van der Waals surface area contributed by atoms with E-state index in [9.17, 15) is 4.79 Å². The highest BCUT2D eigenvalue weighted by atomic mass is 32.1. The molecule has 0 radical (unpaired) electrons. The van der Waals surface area contributed by atoms with Gasteiger partial charge < -0.3 is 19.7 Å². The van der Waals surface area contributed by atoms with E-state index in [2.05, 4.69) is 5.32 Å². The quantitative estimate of drug-likeness (QED) is 0.815. The van der Waals surface area contributed by atoms with E-state index in [0.29, 0.717) is 26.3 Å². The summed E-state index contributed by atoms with van der Waals surface area (Å²) in [5.74, 6) is 0. The van der Waals surface area contributed by atoms with E-state index in [0.717, 1.165) is 5.69 Å². The first kappa shape index (κ1) is 12.3. The summed E-state index contributed by atoms with van der Waals surface area (Å²) in [6.45, 7) is 2.48. The Labute approximate surface area is 104 Å². The van der Waals surface area contributed by atoms with E-state index in [1.54, 1.807) is 23.3 Å². The molecule has 1 aliphatic heterocycles. The Balaban J connectivity index is 1.64. The number of hydrogen-bond donors (Lipinski definition) is 1. The average Bonchev–Trinajstić information content (AvgIpc) is 2.73. The molecule has 0 spiro atoms. The number of ether oxygens (including phenoxy) is 2. The molecular formula is C11H16N2O3S. The van der Waals surface area contributed by atoms with Gasteiger partial charge >= 0.3 is 6.03 Å². The minimum absolute atomic E-state index is 0.0602. The Morgan fingerprint density at radius 2 is 2.41 bits per heavy atom. The summed E-state index contributed by atoms with van der Waals surface area (Å²) < 4.78 is 10.4. The Hall–Kier alpha value is -1.11. The Bertz CT molecular complexity index is 350. The van der Waals surface area contributed by atoms with Crippen LogP contribution in [0.1, 0.15) is 0 Å². The number of carbonyl (C=O) groups is 1. The molecule has 0 unspecified atom stereocenters. The van der Waals surface area contributed by atoms with Crippen molar-refractivity contribution in [2.45, 2.75) is 6.10 Å². The molecule has 6 heteroatoms. The van der Waals surface area contributed by atoms with Gasteiger partial charge in [0.2, 0.25) is 0 Å². The number of thiophene rings is 1. The van der Waals surface area contributed by atoms with Crippen molar-refractivity contribution in [3.63, 3.8) is 0 Å². The standard InChI is InChI=1S/C11H16N2O3S/c1-15-3-4-16-10-6-13(7-10)11(14)12-9-2-5-17-8-9/h2,5,8,10H,3-4,6-7H2,1H3,(H,12,14). The van der Waals surface area contributed by atoms with E-state index < -0.39 is 0 Å². The molecule has 5 nitrogen and oxygen atoms in total. The Kier molecular flexibility index (Phi) is 4.36. The molecule has 1 aromatic heterocycles. The smallest absolute Gasteiger partial charge is 0.322 e. The lowest BCUT2D eigenvalue weighted by Gasteiger charge is -2.38. The van der Waals surface area contributed by atoms with Crippen molar-refractivity contribution in [2.75, 3.05) is 38.7 Å². The number of carbonyl (C=O) groups excluding carboxylic acids is 1. The van der Waals surface area contributed by atoms with Gasteiger partial charge in [-0.1, -0.05) is 0 Å². The van der Waals surface area contributed by atoms with Gasteiger partial charge in [0.15, 0.2) is 0 Å². The minimum atomic E-state index is -0.0602. The molecule has 1 aliphatic rings. The van der Waals surface area contributed by atoms with Gasteiger partial charge in [-0.3, -0.25) is 0 Å². The summed E-state index contributed by atoms with van der Waals surface area (Å²) in [7, 11) is 1.64. The summed E-state index contributed by atoms with van der Waals surface area (Å²) in [6.07, 6.45) is 0.151. The van der Waals surface area contributed by atoms with Crippen molar-refractivity contribution in [2.24, 2.45) is 0 Å². The summed E-state index contributed by atoms with van der Waals surface area (Å²) in [6, 6.07) is 1.82. The maximum atomic E-state index is 11.7. The third-order valence-corrected chi connectivity index (χ3v) is 3.23. The number of amides is 2. The fraction of sp³-hybridized carbons (Fsp3) is 0.545. The van der Waals surface area contributed by atoms with Crippen LogP contribution < -0.4 is 5.32 Å². The molecule has 1 N–H and O–H groups in total. The van der Waals surface area contributed by atoms with Crippen molar-refractivity contribution in [3.8, 4) is 0 Å². The summed E-state index contributed by atoms with van der Waals surface area (Å²) in [4.78, 5) is 13.4. The van der Waals surface area contributed by atoms with Crippen LogP contribution in [0.2, 0.25) is 0 Å². The van der Waals surface area contributed by atoms with Crippen LogP contribution in [0, 0.1) is 0 Å². The second kappa shape index (κ2) is 6.00. The van der Waals surface area contributed by atoms with Crippen LogP contribution in [0.25, 0.3) is 0 Å². The number of hydrogen-bond acceptors (Lipinski definition) is 4. The summed E-state index contributed by atoms with van der Waals surface area (Å²) in [5.41, 5.74) is 0.851. The van der Waals surface area contributed by atoms with Crippen LogP contribution in [0.3, 0.4) is 0 Å². The van der Waals surface area contributed by atoms with E-state index in [-0.39, 0.29) is 12.1 Å². The van der Waals surface area contributed by atoms with Crippen LogP contribution in [-0.4, -0.2) is 50.4 Å². The molecule has 2 heterocycles. The van der Waals surface area contributed by atoms with Crippen LogP contribution >= 0.6 is 11.3 Å². The molecule has 0 aromatic carbocycles. The Morgan fingerprint density at radius 1 is 1.59 bits per heavy atom. The zero-order valence-electron chi connectivity index (χ0n) is 9.72. The number of urea groups is 1. The lowest BCUT2D eigenvalue weighted by Crippen LogP contribution is -2.56. The van der Waals surface area contributed by atoms with Gasteiger partial charge in [-0.15, -0.1) is 0 Å². The number of nitrogens with one attached hydrogen (secondary N) is 1. The normalized spacial score (nSPS) is 15.7. The fourth-order valence-electron chi connectivity index (χ4n) is 1.55. The predicted molar refractivity (Wildman–Crippen MR) is 66.5 cm³/mol. The highest BCUT2D eigenvalue weighted by Crippen LogP contribution is 2.16. The van der Waals surface area contributed by atoms with Gasteiger partial charge in [0.25, 0.3) is 0 Å². The molecule has 1 aromatic rings. The van der Waals surface area contributed by atoms with E-state index in [4.69, 9.17) is 9.47 Å². The Morgan fingerprint density at radius 3 is 3.06 bits per heavy atom. The maximum Gasteiger partial charge on any atom is 0.322 e. The number of anilines is 1. The molecule has 0 bridgehead atoms. The molecule has 1 fully saturated rings. The summed E-state index contributed by atoms with van der Waals surface area (Å²) in [5, 5.41) is 6.67. The van der Waals surface area contributed by atoms with Gasteiger partial charge in [-0.2, -0.15) is 11.3 Å². The molecule has 17 heavy (non-hydrogen) atoms. The maximum absolute atomic E-state index is 11.7. The molecule has 0 saturated carbocycles. The first-order valence-electron chi connectivity index (χ1n) is 5.48. The topological polar surface area (TPSA) is 50.8 Å². The van der Waals surface area contributed by atoms with Crippen molar-refractivity contribution in [1.82, 2.24) is 4.90 Å². The summed E-state index contributed by atoms with van der Waals surface area (Å²) >= 11 is 1.56. The molecule has 2 rings (SSSR count). The molecule has 94 valence electrons. The number of nitrogens with zero attached hydrogens (tertiary/aromatic N) is 1. The molecule has 1 saturated heterocycles. The third kappa shape index (κ3) is 3.42. The van der Waals surface area contributed by atoms with Gasteiger partial charge in [-0.05, 0) is 11.4 Å². The van der Waals surface area contributed by atoms with Gasteiger partial charge in [0.05, 0.1) is 38.1 Å². The number of methoxy groups -OCH3 is 1. The van der Waals surface area contributed by atoms with Crippen LogP contribution in [-0.2, 0) is 9.47 Å². The first-order chi connectivity index (χ1) is 8.29. The molecule has 0 aliphatic carbocycles. The lowest BCUT2D eigenvalue weighted by molar-refractivity contribution is -0.0486. The zero-order chi connectivity index (χ0) is 12.1.